The highest BCUT2D eigenvalue weighted by atomic mass is 35.5. The van der Waals surface area contributed by atoms with Crippen molar-refractivity contribution < 1.29 is 23.1 Å². The molecular weight excluding hydrogens is 424 g/mol. The molecule has 3 rings (SSSR count). The van der Waals surface area contributed by atoms with Crippen LogP contribution in [0, 0.1) is 17.6 Å². The van der Waals surface area contributed by atoms with Gasteiger partial charge in [-0.3, -0.25) is 4.79 Å². The molecule has 1 aliphatic heterocycles. The van der Waals surface area contributed by atoms with Crippen molar-refractivity contribution in [1.29, 1.82) is 0 Å². The fourth-order valence-electron chi connectivity index (χ4n) is 3.65. The van der Waals surface area contributed by atoms with Crippen molar-refractivity contribution in [2.45, 2.75) is 39.7 Å². The Morgan fingerprint density at radius 1 is 1.19 bits per heavy atom. The zero-order chi connectivity index (χ0) is 22.7. The topological polar surface area (TPSA) is 46.6 Å². The van der Waals surface area contributed by atoms with Gasteiger partial charge in [-0.05, 0) is 30.5 Å². The van der Waals surface area contributed by atoms with Crippen LogP contribution in [0.1, 0.15) is 44.2 Å². The van der Waals surface area contributed by atoms with Crippen molar-refractivity contribution in [1.82, 2.24) is 4.90 Å². The van der Waals surface area contributed by atoms with Crippen LogP contribution in [0.5, 0.6) is 0 Å². The summed E-state index contributed by atoms with van der Waals surface area (Å²) in [6, 6.07) is 10.8. The number of hydrogen-bond donors (Lipinski definition) is 0. The molecule has 0 N–H and O–H groups in total. The SMILES string of the molecule is CC1=C(C(=O)OCC(C)C)[C@@H](c2ccccc2Cl)CC(=O)N1Cc1cccc(F)c1F. The molecule has 0 unspecified atom stereocenters. The van der Waals surface area contributed by atoms with Crippen LogP contribution in [0.25, 0.3) is 0 Å². The van der Waals surface area contributed by atoms with Crippen LogP contribution >= 0.6 is 11.6 Å². The summed E-state index contributed by atoms with van der Waals surface area (Å²) in [6.07, 6.45) is -0.0376. The van der Waals surface area contributed by atoms with Crippen molar-refractivity contribution in [2.24, 2.45) is 5.92 Å². The largest absolute Gasteiger partial charge is 0.462 e. The van der Waals surface area contributed by atoms with Crippen molar-refractivity contribution >= 4 is 23.5 Å². The number of hydrogen-bond acceptors (Lipinski definition) is 3. The molecule has 0 bridgehead atoms. The lowest BCUT2D eigenvalue weighted by Gasteiger charge is -2.35. The first-order valence-corrected chi connectivity index (χ1v) is 10.4. The van der Waals surface area contributed by atoms with E-state index in [-0.39, 0.29) is 37.0 Å². The summed E-state index contributed by atoms with van der Waals surface area (Å²) in [5.41, 5.74) is 1.31. The summed E-state index contributed by atoms with van der Waals surface area (Å²) in [7, 11) is 0. The van der Waals surface area contributed by atoms with Gasteiger partial charge in [0.1, 0.15) is 0 Å². The third-order valence-electron chi connectivity index (χ3n) is 5.23. The van der Waals surface area contributed by atoms with Crippen LogP contribution in [0.4, 0.5) is 8.78 Å². The summed E-state index contributed by atoms with van der Waals surface area (Å²) in [4.78, 5) is 27.4. The fourth-order valence-corrected chi connectivity index (χ4v) is 3.92. The number of carbonyl (C=O) groups is 2. The van der Waals surface area contributed by atoms with E-state index in [1.807, 2.05) is 13.8 Å². The van der Waals surface area contributed by atoms with Gasteiger partial charge in [0.25, 0.3) is 0 Å². The maximum atomic E-state index is 14.2. The lowest BCUT2D eigenvalue weighted by molar-refractivity contribution is -0.141. The second-order valence-electron chi connectivity index (χ2n) is 7.96. The van der Waals surface area contributed by atoms with E-state index in [2.05, 4.69) is 0 Å². The molecule has 0 fully saturated rings. The number of carbonyl (C=O) groups excluding carboxylic acids is 2. The van der Waals surface area contributed by atoms with Crippen LogP contribution in [-0.4, -0.2) is 23.4 Å². The fraction of sp³-hybridized carbons (Fsp3) is 0.333. The minimum atomic E-state index is -1.01. The van der Waals surface area contributed by atoms with Gasteiger partial charge < -0.3 is 9.64 Å². The Morgan fingerprint density at radius 2 is 1.90 bits per heavy atom. The number of nitrogens with zero attached hydrogens (tertiary/aromatic N) is 1. The minimum absolute atomic E-state index is 0.0267. The Kier molecular flexibility index (Phi) is 7.11. The normalized spacial score (nSPS) is 16.8. The molecule has 7 heteroatoms. The summed E-state index contributed by atoms with van der Waals surface area (Å²) in [6.45, 7) is 5.48. The molecule has 1 amide bonds. The molecule has 0 radical (unpaired) electrons. The average Bonchev–Trinajstić information content (AvgIpc) is 2.72. The molecule has 1 atom stereocenters. The van der Waals surface area contributed by atoms with E-state index in [1.165, 1.54) is 17.0 Å². The number of rotatable bonds is 6. The summed E-state index contributed by atoms with van der Waals surface area (Å²) in [5, 5.41) is 0.437. The Labute approximate surface area is 185 Å². The highest BCUT2D eigenvalue weighted by Crippen LogP contribution is 2.40. The first-order chi connectivity index (χ1) is 14.7. The molecule has 0 aliphatic carbocycles. The zero-order valence-electron chi connectivity index (χ0n) is 17.6. The van der Waals surface area contributed by atoms with E-state index in [0.29, 0.717) is 21.9 Å². The quantitative estimate of drug-likeness (QED) is 0.541. The van der Waals surface area contributed by atoms with Gasteiger partial charge in [-0.1, -0.05) is 55.8 Å². The number of ether oxygens (including phenoxy) is 1. The number of esters is 1. The highest BCUT2D eigenvalue weighted by molar-refractivity contribution is 6.31. The van der Waals surface area contributed by atoms with Gasteiger partial charge in [0.05, 0.1) is 18.7 Å². The Bertz CT molecular complexity index is 1040. The lowest BCUT2D eigenvalue weighted by Crippen LogP contribution is -2.38. The molecule has 4 nitrogen and oxygen atoms in total. The maximum Gasteiger partial charge on any atom is 0.336 e. The third kappa shape index (κ3) is 4.96. The van der Waals surface area contributed by atoms with Gasteiger partial charge in [0, 0.05) is 28.6 Å². The Hall–Kier alpha value is -2.73. The number of amides is 1. The highest BCUT2D eigenvalue weighted by Gasteiger charge is 2.38. The average molecular weight is 448 g/mol. The van der Waals surface area contributed by atoms with Crippen LogP contribution in [0.15, 0.2) is 53.7 Å². The first kappa shape index (κ1) is 22.9. The predicted octanol–water partition coefficient (Wildman–Crippen LogP) is 5.61. The predicted molar refractivity (Wildman–Crippen MR) is 114 cm³/mol. The lowest BCUT2D eigenvalue weighted by atomic mass is 9.83. The molecule has 2 aromatic rings. The van der Waals surface area contributed by atoms with Gasteiger partial charge in [0.2, 0.25) is 5.91 Å². The third-order valence-corrected chi connectivity index (χ3v) is 5.58. The molecule has 1 heterocycles. The Morgan fingerprint density at radius 3 is 2.58 bits per heavy atom. The van der Waals surface area contributed by atoms with Gasteiger partial charge in [0.15, 0.2) is 11.6 Å². The van der Waals surface area contributed by atoms with Crippen LogP contribution in [-0.2, 0) is 20.9 Å². The first-order valence-electron chi connectivity index (χ1n) is 10.1. The number of allylic oxidation sites excluding steroid dienone is 1. The molecule has 0 saturated carbocycles. The van der Waals surface area contributed by atoms with Gasteiger partial charge in [-0.2, -0.15) is 0 Å². The van der Waals surface area contributed by atoms with Crippen LogP contribution in [0.2, 0.25) is 5.02 Å². The van der Waals surface area contributed by atoms with Crippen molar-refractivity contribution in [3.05, 3.63) is 81.5 Å². The second kappa shape index (κ2) is 9.60. The smallest absolute Gasteiger partial charge is 0.336 e. The number of benzene rings is 2. The van der Waals surface area contributed by atoms with Gasteiger partial charge in [-0.15, -0.1) is 0 Å². The van der Waals surface area contributed by atoms with E-state index >= 15 is 0 Å². The summed E-state index contributed by atoms with van der Waals surface area (Å²) in [5.74, 6) is -3.32. The molecule has 0 aromatic heterocycles. The molecule has 1 aliphatic rings. The zero-order valence-corrected chi connectivity index (χ0v) is 18.4. The van der Waals surface area contributed by atoms with Gasteiger partial charge in [-0.25, -0.2) is 13.6 Å². The molecule has 2 aromatic carbocycles. The summed E-state index contributed by atoms with van der Waals surface area (Å²) >= 11 is 6.36. The Balaban J connectivity index is 2.05. The van der Waals surface area contributed by atoms with Crippen molar-refractivity contribution in [3.63, 3.8) is 0 Å². The van der Waals surface area contributed by atoms with E-state index in [1.54, 1.807) is 31.2 Å². The molecule has 31 heavy (non-hydrogen) atoms. The van der Waals surface area contributed by atoms with Crippen LogP contribution in [0.3, 0.4) is 0 Å². The van der Waals surface area contributed by atoms with Crippen molar-refractivity contribution in [3.8, 4) is 0 Å². The maximum absolute atomic E-state index is 14.2. The summed E-state index contributed by atoms with van der Waals surface area (Å²) < 4.78 is 33.4. The van der Waals surface area contributed by atoms with Gasteiger partial charge >= 0.3 is 5.97 Å². The second-order valence-corrected chi connectivity index (χ2v) is 8.37. The minimum Gasteiger partial charge on any atom is -0.462 e. The monoisotopic (exact) mass is 447 g/mol. The van der Waals surface area contributed by atoms with E-state index in [9.17, 15) is 18.4 Å². The van der Waals surface area contributed by atoms with E-state index in [0.717, 1.165) is 6.07 Å². The van der Waals surface area contributed by atoms with E-state index < -0.39 is 23.5 Å². The molecular formula is C24H24ClF2NO3. The molecule has 164 valence electrons. The standard InChI is InChI=1S/C24H24ClF2NO3/c1-14(2)13-31-24(30)22-15(3)28(12-16-7-6-10-20(26)23(16)27)21(29)11-18(22)17-8-4-5-9-19(17)25/h4-10,14,18H,11-13H2,1-3H3/t18-/m1/s1. The number of halogens is 3. The van der Waals surface area contributed by atoms with Crippen LogP contribution < -0.4 is 0 Å². The molecule has 0 spiro atoms. The van der Waals surface area contributed by atoms with Crippen molar-refractivity contribution in [2.75, 3.05) is 6.61 Å². The van der Waals surface area contributed by atoms with E-state index in [4.69, 9.17) is 16.3 Å². The molecule has 0 saturated heterocycles.